The van der Waals surface area contributed by atoms with E-state index in [-0.39, 0.29) is 22.7 Å². The van der Waals surface area contributed by atoms with Gasteiger partial charge in [-0.1, -0.05) is 28.1 Å². The lowest BCUT2D eigenvalue weighted by molar-refractivity contribution is -0.114. The Balaban J connectivity index is 2.18. The van der Waals surface area contributed by atoms with E-state index in [1.54, 1.807) is 12.1 Å². The van der Waals surface area contributed by atoms with Gasteiger partial charge in [0.05, 0.1) is 6.04 Å². The van der Waals surface area contributed by atoms with Crippen LogP contribution in [0.3, 0.4) is 0 Å². The van der Waals surface area contributed by atoms with Gasteiger partial charge in [0.25, 0.3) is 0 Å². The van der Waals surface area contributed by atoms with Crippen LogP contribution in [0.15, 0.2) is 24.3 Å². The zero-order valence-corrected chi connectivity index (χ0v) is 11.9. The predicted octanol–water partition coefficient (Wildman–Crippen LogP) is 3.31. The van der Waals surface area contributed by atoms with Crippen molar-refractivity contribution in [1.82, 2.24) is 4.90 Å². The summed E-state index contributed by atoms with van der Waals surface area (Å²) >= 11 is 3.57. The number of rotatable bonds is 3. The van der Waals surface area contributed by atoms with Crippen molar-refractivity contribution in [3.05, 3.63) is 35.6 Å². The van der Waals surface area contributed by atoms with Crippen molar-refractivity contribution >= 4 is 22.2 Å². The Morgan fingerprint density at radius 2 is 2.11 bits per heavy atom. The minimum Gasteiger partial charge on any atom is -0.302 e. The molecule has 0 amide bonds. The molecule has 18 heavy (non-hydrogen) atoms. The van der Waals surface area contributed by atoms with Crippen LogP contribution in [0.4, 0.5) is 4.39 Å². The predicted molar refractivity (Wildman–Crippen MR) is 73.3 cm³/mol. The molecule has 0 spiro atoms. The summed E-state index contributed by atoms with van der Waals surface area (Å²) in [5.74, 6) is -0.227. The number of halogens is 2. The van der Waals surface area contributed by atoms with E-state index in [1.165, 1.54) is 12.1 Å². The van der Waals surface area contributed by atoms with Crippen molar-refractivity contribution in [2.75, 3.05) is 6.54 Å². The number of aldehydes is 1. The lowest BCUT2D eigenvalue weighted by atomic mass is 9.98. The first-order chi connectivity index (χ1) is 8.63. The van der Waals surface area contributed by atoms with E-state index < -0.39 is 0 Å². The number of nitrogens with zero attached hydrogens (tertiary/aromatic N) is 1. The number of carbonyl (C=O) groups is 1. The summed E-state index contributed by atoms with van der Waals surface area (Å²) < 4.78 is 12.9. The van der Waals surface area contributed by atoms with E-state index in [4.69, 9.17) is 0 Å². The lowest BCUT2D eigenvalue weighted by Gasteiger charge is -2.40. The normalized spacial score (nSPS) is 26.8. The molecule has 2 nitrogen and oxygen atoms in total. The number of hydrogen-bond donors (Lipinski definition) is 0. The second kappa shape index (κ2) is 5.93. The fourth-order valence-electron chi connectivity index (χ4n) is 2.54. The highest BCUT2D eigenvalue weighted by molar-refractivity contribution is 9.09. The Bertz CT molecular complexity index is 409. The number of piperidine rings is 1. The maximum atomic E-state index is 12.9. The molecule has 4 heteroatoms. The number of carbonyl (C=O) groups excluding carboxylic acids is 1. The van der Waals surface area contributed by atoms with Gasteiger partial charge in [0.1, 0.15) is 12.1 Å². The molecule has 2 rings (SSSR count). The Kier molecular flexibility index (Phi) is 4.51. The molecule has 1 aromatic carbocycles. The third kappa shape index (κ3) is 2.81. The summed E-state index contributed by atoms with van der Waals surface area (Å²) in [7, 11) is 0. The van der Waals surface area contributed by atoms with Crippen LogP contribution in [0.5, 0.6) is 0 Å². The van der Waals surface area contributed by atoms with Gasteiger partial charge in [-0.2, -0.15) is 0 Å². The van der Waals surface area contributed by atoms with Gasteiger partial charge in [0.2, 0.25) is 0 Å². The molecule has 1 aliphatic rings. The summed E-state index contributed by atoms with van der Waals surface area (Å²) in [5.41, 5.74) is 1.05. The first-order valence-corrected chi connectivity index (χ1v) is 7.15. The van der Waals surface area contributed by atoms with Crippen molar-refractivity contribution in [1.29, 1.82) is 0 Å². The van der Waals surface area contributed by atoms with Gasteiger partial charge in [-0.15, -0.1) is 0 Å². The van der Waals surface area contributed by atoms with E-state index in [1.807, 2.05) is 0 Å². The van der Waals surface area contributed by atoms with E-state index in [9.17, 15) is 9.18 Å². The molecule has 0 saturated carbocycles. The lowest BCUT2D eigenvalue weighted by Crippen LogP contribution is -2.47. The zero-order valence-electron chi connectivity index (χ0n) is 10.4. The first kappa shape index (κ1) is 13.7. The van der Waals surface area contributed by atoms with Crippen LogP contribution in [-0.2, 0) is 4.79 Å². The van der Waals surface area contributed by atoms with Crippen molar-refractivity contribution in [2.45, 2.75) is 36.7 Å². The largest absolute Gasteiger partial charge is 0.302 e. The SMILES string of the molecule is CC(c1ccc(F)cc1)N1CCCC(Br)C1C=O. The van der Waals surface area contributed by atoms with Crippen LogP contribution in [0.2, 0.25) is 0 Å². The van der Waals surface area contributed by atoms with E-state index in [2.05, 4.69) is 27.8 Å². The van der Waals surface area contributed by atoms with Crippen LogP contribution in [0.1, 0.15) is 31.4 Å². The summed E-state index contributed by atoms with van der Waals surface area (Å²) in [6.07, 6.45) is 3.11. The molecule has 98 valence electrons. The summed E-state index contributed by atoms with van der Waals surface area (Å²) in [5, 5.41) is 0. The third-order valence-corrected chi connectivity index (χ3v) is 4.64. The number of likely N-dealkylation sites (tertiary alicyclic amines) is 1. The summed E-state index contributed by atoms with van der Waals surface area (Å²) in [4.78, 5) is 13.6. The van der Waals surface area contributed by atoms with Gasteiger partial charge in [-0.25, -0.2) is 4.39 Å². The molecule has 3 unspecified atom stereocenters. The fraction of sp³-hybridized carbons (Fsp3) is 0.500. The molecule has 1 fully saturated rings. The van der Waals surface area contributed by atoms with E-state index in [0.29, 0.717) is 0 Å². The zero-order chi connectivity index (χ0) is 13.1. The van der Waals surface area contributed by atoms with Crippen LogP contribution < -0.4 is 0 Å². The van der Waals surface area contributed by atoms with E-state index >= 15 is 0 Å². The first-order valence-electron chi connectivity index (χ1n) is 6.24. The fourth-order valence-corrected chi connectivity index (χ4v) is 3.30. The molecule has 1 aliphatic heterocycles. The Hall–Kier alpha value is -0.740. The molecule has 0 N–H and O–H groups in total. The Morgan fingerprint density at radius 1 is 1.44 bits per heavy atom. The van der Waals surface area contributed by atoms with Crippen molar-refractivity contribution in [3.8, 4) is 0 Å². The molecule has 0 aliphatic carbocycles. The monoisotopic (exact) mass is 313 g/mol. The highest BCUT2D eigenvalue weighted by atomic mass is 79.9. The van der Waals surface area contributed by atoms with Crippen molar-refractivity contribution in [2.24, 2.45) is 0 Å². The second-order valence-corrected chi connectivity index (χ2v) is 5.93. The molecule has 3 atom stereocenters. The van der Waals surface area contributed by atoms with Gasteiger partial charge < -0.3 is 4.79 Å². The average Bonchev–Trinajstić information content (AvgIpc) is 2.38. The molecule has 0 aromatic heterocycles. The van der Waals surface area contributed by atoms with Gasteiger partial charge in [-0.3, -0.25) is 4.90 Å². The highest BCUT2D eigenvalue weighted by Gasteiger charge is 2.32. The number of hydrogen-bond acceptors (Lipinski definition) is 2. The second-order valence-electron chi connectivity index (χ2n) is 4.75. The molecule has 1 heterocycles. The van der Waals surface area contributed by atoms with Gasteiger partial charge in [-0.05, 0) is 44.0 Å². The average molecular weight is 314 g/mol. The van der Waals surface area contributed by atoms with Gasteiger partial charge in [0.15, 0.2) is 0 Å². The molecule has 0 radical (unpaired) electrons. The van der Waals surface area contributed by atoms with Crippen LogP contribution in [0.25, 0.3) is 0 Å². The maximum absolute atomic E-state index is 12.9. The number of benzene rings is 1. The van der Waals surface area contributed by atoms with Crippen molar-refractivity contribution in [3.63, 3.8) is 0 Å². The topological polar surface area (TPSA) is 20.3 Å². The summed E-state index contributed by atoms with van der Waals surface area (Å²) in [6, 6.07) is 6.55. The van der Waals surface area contributed by atoms with Crippen molar-refractivity contribution < 1.29 is 9.18 Å². The van der Waals surface area contributed by atoms with Gasteiger partial charge in [0, 0.05) is 10.9 Å². The molecular weight excluding hydrogens is 297 g/mol. The minimum absolute atomic E-state index is 0.0983. The molecule has 1 saturated heterocycles. The Morgan fingerprint density at radius 3 is 2.72 bits per heavy atom. The molecule has 0 bridgehead atoms. The standard InChI is InChI=1S/C14H17BrFNO/c1-10(11-4-6-12(16)7-5-11)17-8-2-3-13(15)14(17)9-18/h4-7,9-10,13-14H,2-3,8H2,1H3. The van der Waals surface area contributed by atoms with Crippen LogP contribution >= 0.6 is 15.9 Å². The molecular formula is C14H17BrFNO. The van der Waals surface area contributed by atoms with Gasteiger partial charge >= 0.3 is 0 Å². The quantitative estimate of drug-likeness (QED) is 0.630. The van der Waals surface area contributed by atoms with Crippen LogP contribution in [-0.4, -0.2) is 28.6 Å². The smallest absolute Gasteiger partial charge is 0.138 e. The van der Waals surface area contributed by atoms with E-state index in [0.717, 1.165) is 31.2 Å². The summed E-state index contributed by atoms with van der Waals surface area (Å²) in [6.45, 7) is 2.97. The Labute approximate surface area is 115 Å². The number of alkyl halides is 1. The minimum atomic E-state index is -0.227. The van der Waals surface area contributed by atoms with Crippen LogP contribution in [0, 0.1) is 5.82 Å². The maximum Gasteiger partial charge on any atom is 0.138 e. The highest BCUT2D eigenvalue weighted by Crippen LogP contribution is 2.30. The molecule has 1 aromatic rings. The third-order valence-electron chi connectivity index (χ3n) is 3.64.